The molecule has 2 heterocycles. The van der Waals surface area contributed by atoms with Gasteiger partial charge in [-0.15, -0.1) is 0 Å². The van der Waals surface area contributed by atoms with Crippen LogP contribution in [0.4, 0.5) is 0 Å². The van der Waals surface area contributed by atoms with Crippen LogP contribution in [0.2, 0.25) is 0 Å². The van der Waals surface area contributed by atoms with Crippen molar-refractivity contribution in [3.05, 3.63) is 41.3 Å². The lowest BCUT2D eigenvalue weighted by Crippen LogP contribution is -2.11. The predicted octanol–water partition coefficient (Wildman–Crippen LogP) is 2.78. The summed E-state index contributed by atoms with van der Waals surface area (Å²) in [5.41, 5.74) is 5.14. The maximum absolute atomic E-state index is 4.66. The SMILES string of the molecule is Cc1ccc(-c2cnc(C3CCNC3)n2C)c(C)c1. The van der Waals surface area contributed by atoms with E-state index in [1.165, 1.54) is 34.6 Å². The number of benzene rings is 1. The zero-order valence-electron chi connectivity index (χ0n) is 11.9. The summed E-state index contributed by atoms with van der Waals surface area (Å²) in [4.78, 5) is 4.66. The number of nitrogens with one attached hydrogen (secondary N) is 1. The number of rotatable bonds is 2. The molecule has 0 aliphatic carbocycles. The van der Waals surface area contributed by atoms with E-state index in [1.807, 2.05) is 6.20 Å². The van der Waals surface area contributed by atoms with Crippen molar-refractivity contribution < 1.29 is 0 Å². The number of imidazole rings is 1. The second-order valence-corrected chi connectivity index (χ2v) is 5.57. The van der Waals surface area contributed by atoms with Gasteiger partial charge in [-0.05, 0) is 32.4 Å². The Morgan fingerprint density at radius 2 is 2.16 bits per heavy atom. The average molecular weight is 255 g/mol. The molecule has 1 N–H and O–H groups in total. The lowest BCUT2D eigenvalue weighted by atomic mass is 10.0. The molecular weight excluding hydrogens is 234 g/mol. The van der Waals surface area contributed by atoms with Crippen LogP contribution in [-0.4, -0.2) is 22.6 Å². The lowest BCUT2D eigenvalue weighted by molar-refractivity contribution is 0.662. The van der Waals surface area contributed by atoms with E-state index < -0.39 is 0 Å². The normalized spacial score (nSPS) is 19.0. The zero-order valence-corrected chi connectivity index (χ0v) is 11.9. The summed E-state index contributed by atoms with van der Waals surface area (Å²) in [6.45, 7) is 6.47. The molecule has 0 bridgehead atoms. The van der Waals surface area contributed by atoms with Gasteiger partial charge in [0.15, 0.2) is 0 Å². The average Bonchev–Trinajstić information content (AvgIpc) is 2.99. The van der Waals surface area contributed by atoms with Crippen molar-refractivity contribution in [1.29, 1.82) is 0 Å². The molecule has 3 nitrogen and oxygen atoms in total. The Kier molecular flexibility index (Phi) is 3.15. The van der Waals surface area contributed by atoms with Crippen molar-refractivity contribution in [3.63, 3.8) is 0 Å². The van der Waals surface area contributed by atoms with Gasteiger partial charge in [0, 0.05) is 25.1 Å². The summed E-state index contributed by atoms with van der Waals surface area (Å²) in [6.07, 6.45) is 3.21. The summed E-state index contributed by atoms with van der Waals surface area (Å²) in [7, 11) is 2.13. The molecule has 1 aliphatic heterocycles. The summed E-state index contributed by atoms with van der Waals surface area (Å²) in [6, 6.07) is 6.61. The van der Waals surface area contributed by atoms with Gasteiger partial charge in [-0.25, -0.2) is 4.98 Å². The first-order chi connectivity index (χ1) is 9.16. The quantitative estimate of drug-likeness (QED) is 0.894. The third-order valence-corrected chi connectivity index (χ3v) is 4.11. The van der Waals surface area contributed by atoms with Gasteiger partial charge in [-0.3, -0.25) is 0 Å². The Hall–Kier alpha value is -1.61. The number of hydrogen-bond donors (Lipinski definition) is 1. The second-order valence-electron chi connectivity index (χ2n) is 5.57. The first kappa shape index (κ1) is 12.4. The number of aromatic nitrogens is 2. The van der Waals surface area contributed by atoms with Crippen LogP contribution in [0.1, 0.15) is 29.3 Å². The molecule has 0 radical (unpaired) electrons. The van der Waals surface area contributed by atoms with Crippen molar-refractivity contribution in [2.45, 2.75) is 26.2 Å². The topological polar surface area (TPSA) is 29.9 Å². The van der Waals surface area contributed by atoms with Crippen LogP contribution >= 0.6 is 0 Å². The van der Waals surface area contributed by atoms with E-state index in [0.29, 0.717) is 5.92 Å². The molecule has 1 saturated heterocycles. The minimum atomic E-state index is 0.560. The molecule has 3 heteroatoms. The van der Waals surface area contributed by atoms with E-state index in [-0.39, 0.29) is 0 Å². The smallest absolute Gasteiger partial charge is 0.113 e. The van der Waals surface area contributed by atoms with Crippen LogP contribution in [0.15, 0.2) is 24.4 Å². The van der Waals surface area contributed by atoms with Gasteiger partial charge in [-0.2, -0.15) is 0 Å². The molecule has 1 aromatic heterocycles. The Balaban J connectivity index is 2.01. The lowest BCUT2D eigenvalue weighted by Gasteiger charge is -2.12. The van der Waals surface area contributed by atoms with Gasteiger partial charge in [0.25, 0.3) is 0 Å². The standard InChI is InChI=1S/C16H21N3/c1-11-4-5-14(12(2)8-11)15-10-18-16(19(15)3)13-6-7-17-9-13/h4-5,8,10,13,17H,6-7,9H2,1-3H3. The molecular formula is C16H21N3. The van der Waals surface area contributed by atoms with Crippen molar-refractivity contribution in [1.82, 2.24) is 14.9 Å². The Labute approximate surface area is 114 Å². The van der Waals surface area contributed by atoms with Gasteiger partial charge in [0.05, 0.1) is 11.9 Å². The second kappa shape index (κ2) is 4.82. The summed E-state index contributed by atoms with van der Waals surface area (Å²) in [5, 5.41) is 3.41. The fourth-order valence-corrected chi connectivity index (χ4v) is 3.03. The van der Waals surface area contributed by atoms with Crippen molar-refractivity contribution in [3.8, 4) is 11.3 Å². The van der Waals surface area contributed by atoms with Gasteiger partial charge >= 0.3 is 0 Å². The van der Waals surface area contributed by atoms with Crippen LogP contribution in [0, 0.1) is 13.8 Å². The van der Waals surface area contributed by atoms with Crippen LogP contribution in [0.25, 0.3) is 11.3 Å². The third kappa shape index (κ3) is 2.19. The van der Waals surface area contributed by atoms with Gasteiger partial charge in [-0.1, -0.05) is 23.8 Å². The van der Waals surface area contributed by atoms with E-state index in [9.17, 15) is 0 Å². The number of nitrogens with zero attached hydrogens (tertiary/aromatic N) is 2. The highest BCUT2D eigenvalue weighted by molar-refractivity contribution is 5.64. The van der Waals surface area contributed by atoms with Gasteiger partial charge in [0.1, 0.15) is 5.82 Å². The molecule has 1 unspecified atom stereocenters. The largest absolute Gasteiger partial charge is 0.331 e. The van der Waals surface area contributed by atoms with Crippen LogP contribution in [-0.2, 0) is 7.05 Å². The molecule has 1 fully saturated rings. The molecule has 3 rings (SSSR count). The van der Waals surface area contributed by atoms with E-state index in [0.717, 1.165) is 13.1 Å². The van der Waals surface area contributed by atoms with E-state index in [1.54, 1.807) is 0 Å². The number of aryl methyl sites for hydroxylation is 2. The maximum atomic E-state index is 4.66. The molecule has 0 amide bonds. The predicted molar refractivity (Wildman–Crippen MR) is 78.3 cm³/mol. The number of hydrogen-bond acceptors (Lipinski definition) is 2. The fourth-order valence-electron chi connectivity index (χ4n) is 3.03. The Morgan fingerprint density at radius 3 is 2.84 bits per heavy atom. The molecule has 2 aromatic rings. The minimum absolute atomic E-state index is 0.560. The van der Waals surface area contributed by atoms with E-state index in [4.69, 9.17) is 0 Å². The summed E-state index contributed by atoms with van der Waals surface area (Å²) in [5.74, 6) is 1.77. The minimum Gasteiger partial charge on any atom is -0.331 e. The Bertz CT molecular complexity index is 592. The van der Waals surface area contributed by atoms with Gasteiger partial charge in [0.2, 0.25) is 0 Å². The summed E-state index contributed by atoms with van der Waals surface area (Å²) < 4.78 is 2.26. The fraction of sp³-hybridized carbons (Fsp3) is 0.438. The van der Waals surface area contributed by atoms with E-state index >= 15 is 0 Å². The molecule has 1 aliphatic rings. The monoisotopic (exact) mass is 255 g/mol. The van der Waals surface area contributed by atoms with Crippen molar-refractivity contribution >= 4 is 0 Å². The van der Waals surface area contributed by atoms with Crippen molar-refractivity contribution in [2.75, 3.05) is 13.1 Å². The molecule has 100 valence electrons. The summed E-state index contributed by atoms with van der Waals surface area (Å²) >= 11 is 0. The van der Waals surface area contributed by atoms with Crippen LogP contribution in [0.3, 0.4) is 0 Å². The highest BCUT2D eigenvalue weighted by Gasteiger charge is 2.22. The maximum Gasteiger partial charge on any atom is 0.113 e. The molecule has 0 saturated carbocycles. The zero-order chi connectivity index (χ0) is 13.4. The Morgan fingerprint density at radius 1 is 1.32 bits per heavy atom. The molecule has 0 spiro atoms. The van der Waals surface area contributed by atoms with Crippen LogP contribution < -0.4 is 5.32 Å². The first-order valence-corrected chi connectivity index (χ1v) is 6.97. The third-order valence-electron chi connectivity index (χ3n) is 4.11. The molecule has 1 atom stereocenters. The van der Waals surface area contributed by atoms with E-state index in [2.05, 4.69) is 54.0 Å². The highest BCUT2D eigenvalue weighted by Crippen LogP contribution is 2.28. The molecule has 19 heavy (non-hydrogen) atoms. The highest BCUT2D eigenvalue weighted by atomic mass is 15.1. The van der Waals surface area contributed by atoms with Crippen molar-refractivity contribution in [2.24, 2.45) is 7.05 Å². The van der Waals surface area contributed by atoms with Gasteiger partial charge < -0.3 is 9.88 Å². The molecule has 1 aromatic carbocycles. The van der Waals surface area contributed by atoms with Crippen LogP contribution in [0.5, 0.6) is 0 Å². The first-order valence-electron chi connectivity index (χ1n) is 6.97.